The topological polar surface area (TPSA) is 75.4 Å². The van der Waals surface area contributed by atoms with Crippen LogP contribution in [0.2, 0.25) is 0 Å². The van der Waals surface area contributed by atoms with Crippen molar-refractivity contribution < 1.29 is 9.90 Å². The summed E-state index contributed by atoms with van der Waals surface area (Å²) in [6.07, 6.45) is 4.02. The van der Waals surface area contributed by atoms with Gasteiger partial charge < -0.3 is 16.2 Å². The third-order valence-corrected chi connectivity index (χ3v) is 2.49. The lowest BCUT2D eigenvalue weighted by atomic mass is 10.2. The zero-order chi connectivity index (χ0) is 9.68. The smallest absolute Gasteiger partial charge is 0.217 e. The van der Waals surface area contributed by atoms with E-state index in [0.717, 1.165) is 32.2 Å². The summed E-state index contributed by atoms with van der Waals surface area (Å²) < 4.78 is 0. The van der Waals surface area contributed by atoms with Gasteiger partial charge in [0.25, 0.3) is 0 Å². The van der Waals surface area contributed by atoms with Crippen molar-refractivity contribution in [3.8, 4) is 0 Å². The molecule has 1 saturated carbocycles. The summed E-state index contributed by atoms with van der Waals surface area (Å²) in [5.41, 5.74) is 5.00. The van der Waals surface area contributed by atoms with Crippen LogP contribution in [0.3, 0.4) is 0 Å². The molecule has 0 heterocycles. The summed E-state index contributed by atoms with van der Waals surface area (Å²) in [5.74, 6) is -0.256. The molecule has 76 valence electrons. The third kappa shape index (κ3) is 3.74. The highest BCUT2D eigenvalue weighted by atomic mass is 16.3. The molecule has 0 radical (unpaired) electrons. The van der Waals surface area contributed by atoms with E-state index in [4.69, 9.17) is 5.73 Å². The molecule has 1 rings (SSSR count). The van der Waals surface area contributed by atoms with Gasteiger partial charge >= 0.3 is 0 Å². The van der Waals surface area contributed by atoms with Crippen molar-refractivity contribution in [3.63, 3.8) is 0 Å². The van der Waals surface area contributed by atoms with Gasteiger partial charge in [-0.2, -0.15) is 0 Å². The molecule has 1 aliphatic carbocycles. The van der Waals surface area contributed by atoms with E-state index in [2.05, 4.69) is 5.32 Å². The van der Waals surface area contributed by atoms with E-state index in [-0.39, 0.29) is 18.1 Å². The fourth-order valence-corrected chi connectivity index (χ4v) is 1.73. The van der Waals surface area contributed by atoms with Gasteiger partial charge in [0.2, 0.25) is 5.91 Å². The Bertz CT molecular complexity index is 173. The maximum Gasteiger partial charge on any atom is 0.217 e. The Labute approximate surface area is 78.5 Å². The number of aliphatic hydroxyl groups is 1. The Morgan fingerprint density at radius 2 is 2.31 bits per heavy atom. The largest absolute Gasteiger partial charge is 0.392 e. The monoisotopic (exact) mass is 186 g/mol. The SMILES string of the molecule is NC(=O)CCCN[C@H]1CCC[C@@H]1O. The molecule has 0 aliphatic heterocycles. The number of aliphatic hydroxyl groups excluding tert-OH is 1. The summed E-state index contributed by atoms with van der Waals surface area (Å²) in [6, 6.07) is 0.230. The lowest BCUT2D eigenvalue weighted by Gasteiger charge is -2.15. The van der Waals surface area contributed by atoms with Crippen molar-refractivity contribution in [2.24, 2.45) is 5.73 Å². The Balaban J connectivity index is 2.02. The molecule has 2 atom stereocenters. The summed E-state index contributed by atoms with van der Waals surface area (Å²) in [4.78, 5) is 10.4. The minimum atomic E-state index is -0.256. The van der Waals surface area contributed by atoms with E-state index in [1.54, 1.807) is 0 Å². The Morgan fingerprint density at radius 3 is 2.85 bits per heavy atom. The summed E-state index contributed by atoms with van der Waals surface area (Å²) in [5, 5.41) is 12.7. The van der Waals surface area contributed by atoms with Crippen LogP contribution in [-0.4, -0.2) is 29.7 Å². The second kappa shape index (κ2) is 5.19. The van der Waals surface area contributed by atoms with Crippen LogP contribution >= 0.6 is 0 Å². The third-order valence-electron chi connectivity index (χ3n) is 2.49. The van der Waals surface area contributed by atoms with Crippen molar-refractivity contribution in [1.29, 1.82) is 0 Å². The van der Waals surface area contributed by atoms with Crippen LogP contribution in [-0.2, 0) is 4.79 Å². The number of hydrogen-bond donors (Lipinski definition) is 3. The van der Waals surface area contributed by atoms with Gasteiger partial charge in [-0.1, -0.05) is 0 Å². The van der Waals surface area contributed by atoms with Gasteiger partial charge in [0.15, 0.2) is 0 Å². The quantitative estimate of drug-likeness (QED) is 0.518. The maximum atomic E-state index is 10.4. The standard InChI is InChI=1S/C9H18N2O2/c10-9(13)5-2-6-11-7-3-1-4-8(7)12/h7-8,11-12H,1-6H2,(H2,10,13)/t7-,8-/m0/s1. The molecule has 4 nitrogen and oxygen atoms in total. The van der Waals surface area contributed by atoms with Crippen LogP contribution in [0.15, 0.2) is 0 Å². The van der Waals surface area contributed by atoms with Crippen LogP contribution in [0.4, 0.5) is 0 Å². The van der Waals surface area contributed by atoms with Crippen molar-refractivity contribution >= 4 is 5.91 Å². The van der Waals surface area contributed by atoms with Gasteiger partial charge in [-0.3, -0.25) is 4.79 Å². The van der Waals surface area contributed by atoms with Crippen LogP contribution in [0.1, 0.15) is 32.1 Å². The number of carbonyl (C=O) groups excluding carboxylic acids is 1. The molecular weight excluding hydrogens is 168 g/mol. The molecule has 1 fully saturated rings. The first-order chi connectivity index (χ1) is 6.20. The maximum absolute atomic E-state index is 10.4. The highest BCUT2D eigenvalue weighted by molar-refractivity contribution is 5.73. The highest BCUT2D eigenvalue weighted by Crippen LogP contribution is 2.18. The summed E-state index contributed by atoms with van der Waals surface area (Å²) in [6.45, 7) is 0.769. The lowest BCUT2D eigenvalue weighted by molar-refractivity contribution is -0.118. The van der Waals surface area contributed by atoms with Crippen molar-refractivity contribution in [3.05, 3.63) is 0 Å². The van der Waals surface area contributed by atoms with E-state index in [9.17, 15) is 9.90 Å². The van der Waals surface area contributed by atoms with Crippen LogP contribution in [0.25, 0.3) is 0 Å². The average Bonchev–Trinajstić information content (AvgIpc) is 2.45. The molecule has 1 aliphatic rings. The number of nitrogens with one attached hydrogen (secondary N) is 1. The predicted molar refractivity (Wildman–Crippen MR) is 50.1 cm³/mol. The Hall–Kier alpha value is -0.610. The minimum Gasteiger partial charge on any atom is -0.392 e. The molecule has 0 aromatic heterocycles. The molecule has 0 spiro atoms. The van der Waals surface area contributed by atoms with Gasteiger partial charge in [-0.25, -0.2) is 0 Å². The fraction of sp³-hybridized carbons (Fsp3) is 0.889. The van der Waals surface area contributed by atoms with Crippen LogP contribution < -0.4 is 11.1 Å². The second-order valence-electron chi connectivity index (χ2n) is 3.63. The van der Waals surface area contributed by atoms with Crippen molar-refractivity contribution in [2.75, 3.05) is 6.54 Å². The van der Waals surface area contributed by atoms with E-state index in [1.165, 1.54) is 0 Å². The first kappa shape index (κ1) is 10.5. The molecule has 4 heteroatoms. The number of nitrogens with two attached hydrogens (primary N) is 1. The fourth-order valence-electron chi connectivity index (χ4n) is 1.73. The Kier molecular flexibility index (Phi) is 4.18. The minimum absolute atomic E-state index is 0.200. The zero-order valence-electron chi connectivity index (χ0n) is 7.83. The molecule has 0 aromatic rings. The summed E-state index contributed by atoms with van der Waals surface area (Å²) >= 11 is 0. The van der Waals surface area contributed by atoms with Gasteiger partial charge in [0.1, 0.15) is 0 Å². The van der Waals surface area contributed by atoms with Gasteiger partial charge in [-0.05, 0) is 32.2 Å². The van der Waals surface area contributed by atoms with Gasteiger partial charge in [0.05, 0.1) is 6.10 Å². The number of amides is 1. The number of rotatable bonds is 5. The summed E-state index contributed by atoms with van der Waals surface area (Å²) in [7, 11) is 0. The van der Waals surface area contributed by atoms with E-state index >= 15 is 0 Å². The molecule has 1 amide bonds. The molecule has 0 saturated heterocycles. The lowest BCUT2D eigenvalue weighted by Crippen LogP contribution is -2.36. The van der Waals surface area contributed by atoms with Crippen LogP contribution in [0.5, 0.6) is 0 Å². The van der Waals surface area contributed by atoms with Gasteiger partial charge in [0, 0.05) is 12.5 Å². The zero-order valence-corrected chi connectivity index (χ0v) is 7.83. The number of carbonyl (C=O) groups is 1. The molecule has 0 bridgehead atoms. The molecule has 13 heavy (non-hydrogen) atoms. The van der Waals surface area contributed by atoms with E-state index in [0.29, 0.717) is 6.42 Å². The van der Waals surface area contributed by atoms with Crippen molar-refractivity contribution in [2.45, 2.75) is 44.2 Å². The highest BCUT2D eigenvalue weighted by Gasteiger charge is 2.23. The molecular formula is C9H18N2O2. The first-order valence-electron chi connectivity index (χ1n) is 4.90. The van der Waals surface area contributed by atoms with E-state index < -0.39 is 0 Å². The molecule has 0 aromatic carbocycles. The van der Waals surface area contributed by atoms with Crippen LogP contribution in [0, 0.1) is 0 Å². The predicted octanol–water partition coefficient (Wildman–Crippen LogP) is -0.245. The van der Waals surface area contributed by atoms with Crippen molar-refractivity contribution in [1.82, 2.24) is 5.32 Å². The molecule has 0 unspecified atom stereocenters. The van der Waals surface area contributed by atoms with Gasteiger partial charge in [-0.15, -0.1) is 0 Å². The normalized spacial score (nSPS) is 27.8. The van der Waals surface area contributed by atoms with E-state index in [1.807, 2.05) is 0 Å². The molecule has 4 N–H and O–H groups in total. The first-order valence-corrected chi connectivity index (χ1v) is 4.90. The second-order valence-corrected chi connectivity index (χ2v) is 3.63. The Morgan fingerprint density at radius 1 is 1.54 bits per heavy atom. The average molecular weight is 186 g/mol. The number of hydrogen-bond acceptors (Lipinski definition) is 3. The number of primary amides is 1.